The summed E-state index contributed by atoms with van der Waals surface area (Å²) in [5.74, 6) is 1.20. The molecule has 2 aromatic heterocycles. The fraction of sp³-hybridized carbons (Fsp3) is 0.433. The topological polar surface area (TPSA) is 114 Å². The summed E-state index contributed by atoms with van der Waals surface area (Å²) in [5, 5.41) is 7.32. The molecular formula is C30H40N6O5Si. The third-order valence-corrected chi connectivity index (χ3v) is 10.6. The summed E-state index contributed by atoms with van der Waals surface area (Å²) in [6.45, 7) is 12.6. The lowest BCUT2D eigenvalue weighted by Crippen LogP contribution is -2.44. The number of rotatable bonds is 11. The molecule has 0 bridgehead atoms. The van der Waals surface area contributed by atoms with Crippen LogP contribution in [-0.4, -0.2) is 94.3 Å². The Bertz CT molecular complexity index is 1440. The number of hydrogen-bond donors (Lipinski definition) is 2. The van der Waals surface area contributed by atoms with E-state index in [1.54, 1.807) is 12.1 Å². The maximum atomic E-state index is 13.1. The van der Waals surface area contributed by atoms with Gasteiger partial charge in [-0.1, -0.05) is 24.9 Å². The lowest BCUT2D eigenvalue weighted by Gasteiger charge is -2.32. The van der Waals surface area contributed by atoms with Crippen LogP contribution in [0.3, 0.4) is 0 Å². The third-order valence-electron chi connectivity index (χ3n) is 7.73. The number of anilines is 2. The van der Waals surface area contributed by atoms with Crippen LogP contribution < -0.4 is 30.0 Å². The molecule has 1 saturated heterocycles. The molecule has 1 aromatic carbocycles. The van der Waals surface area contributed by atoms with E-state index in [-0.39, 0.29) is 29.2 Å². The Kier molecular flexibility index (Phi) is 8.85. The first-order chi connectivity index (χ1) is 20.2. The third kappa shape index (κ3) is 6.61. The highest BCUT2D eigenvalue weighted by Gasteiger charge is 2.29. The van der Waals surface area contributed by atoms with Crippen LogP contribution >= 0.6 is 0 Å². The Morgan fingerprint density at radius 3 is 2.48 bits per heavy atom. The van der Waals surface area contributed by atoms with E-state index < -0.39 is 14.0 Å². The van der Waals surface area contributed by atoms with E-state index in [9.17, 15) is 4.79 Å². The van der Waals surface area contributed by atoms with Gasteiger partial charge in [0, 0.05) is 38.8 Å². The molecule has 12 heteroatoms. The average Bonchev–Trinajstić information content (AvgIpc) is 3.56. The van der Waals surface area contributed by atoms with Crippen molar-refractivity contribution in [1.29, 1.82) is 0 Å². The van der Waals surface area contributed by atoms with Gasteiger partial charge in [0.25, 0.3) is 11.9 Å². The number of ether oxygens (including phenoxy) is 3. The summed E-state index contributed by atoms with van der Waals surface area (Å²) >= 11 is 0. The van der Waals surface area contributed by atoms with Crippen molar-refractivity contribution >= 4 is 36.9 Å². The predicted molar refractivity (Wildman–Crippen MR) is 166 cm³/mol. The van der Waals surface area contributed by atoms with E-state index >= 15 is 0 Å². The molecule has 2 aliphatic heterocycles. The van der Waals surface area contributed by atoms with Gasteiger partial charge < -0.3 is 39.1 Å². The maximum absolute atomic E-state index is 13.1. The number of nitrogens with zero attached hydrogens (tertiary/aromatic N) is 4. The maximum Gasteiger partial charge on any atom is 0.291 e. The molecule has 1 fully saturated rings. The van der Waals surface area contributed by atoms with Crippen molar-refractivity contribution in [3.63, 3.8) is 0 Å². The van der Waals surface area contributed by atoms with Crippen LogP contribution in [0, 0.1) is 6.92 Å². The van der Waals surface area contributed by atoms with Gasteiger partial charge in [-0.15, -0.1) is 0 Å². The van der Waals surface area contributed by atoms with Gasteiger partial charge in [-0.25, -0.2) is 0 Å². The number of hydrogen-bond acceptors (Lipinski definition) is 10. The molecule has 2 N–H and O–H groups in total. The number of fused-ring (bicyclic) bond motifs is 1. The zero-order valence-electron chi connectivity index (χ0n) is 25.2. The fourth-order valence-electron chi connectivity index (χ4n) is 5.16. The second-order valence-electron chi connectivity index (χ2n) is 11.3. The first kappa shape index (κ1) is 29.6. The number of furan rings is 1. The van der Waals surface area contributed by atoms with E-state index in [0.717, 1.165) is 44.7 Å². The van der Waals surface area contributed by atoms with E-state index in [4.69, 9.17) is 18.6 Å². The molecule has 0 saturated carbocycles. The number of aromatic nitrogens is 2. The molecular weight excluding hydrogens is 552 g/mol. The monoisotopic (exact) mass is 592 g/mol. The Labute approximate surface area is 247 Å². The van der Waals surface area contributed by atoms with E-state index in [2.05, 4.69) is 74.5 Å². The van der Waals surface area contributed by atoms with E-state index in [1.165, 1.54) is 25.0 Å². The molecule has 0 aliphatic carbocycles. The first-order valence-corrected chi connectivity index (χ1v) is 17.3. The van der Waals surface area contributed by atoms with Crippen molar-refractivity contribution in [1.82, 2.24) is 19.8 Å². The number of carbonyl (C=O) groups excluding carboxylic acids is 1. The van der Waals surface area contributed by atoms with Crippen LogP contribution in [-0.2, 0) is 0 Å². The van der Waals surface area contributed by atoms with Crippen LogP contribution in [0.5, 0.6) is 23.5 Å². The molecule has 1 amide bonds. The Balaban J connectivity index is 1.22. The van der Waals surface area contributed by atoms with Crippen LogP contribution in [0.4, 0.5) is 11.6 Å². The minimum Gasteiger partial charge on any atom is -0.479 e. The van der Waals surface area contributed by atoms with Crippen molar-refractivity contribution < 1.29 is 23.4 Å². The molecule has 0 radical (unpaired) electrons. The number of amides is 1. The van der Waals surface area contributed by atoms with Crippen molar-refractivity contribution in [3.8, 4) is 23.5 Å². The first-order valence-electron chi connectivity index (χ1n) is 14.2. The highest BCUT2D eigenvalue weighted by molar-refractivity contribution is 6.96. The molecule has 2 aliphatic rings. The van der Waals surface area contributed by atoms with Gasteiger partial charge in [0.05, 0.1) is 14.2 Å². The van der Waals surface area contributed by atoms with Crippen molar-refractivity contribution in [2.75, 3.05) is 71.2 Å². The summed E-state index contributed by atoms with van der Waals surface area (Å²) < 4.78 is 22.8. The van der Waals surface area contributed by atoms with Crippen molar-refractivity contribution in [2.45, 2.75) is 26.4 Å². The van der Waals surface area contributed by atoms with Gasteiger partial charge in [-0.2, -0.15) is 9.97 Å². The average molecular weight is 593 g/mol. The number of aryl methyl sites for hydroxylation is 1. The fourth-order valence-corrected chi connectivity index (χ4v) is 7.34. The molecule has 42 heavy (non-hydrogen) atoms. The highest BCUT2D eigenvalue weighted by Crippen LogP contribution is 2.34. The lowest BCUT2D eigenvalue weighted by molar-refractivity contribution is 0.0990. The zero-order chi connectivity index (χ0) is 29.9. The zero-order valence-corrected chi connectivity index (χ0v) is 26.2. The van der Waals surface area contributed by atoms with E-state index in [1.807, 2.05) is 6.92 Å². The largest absolute Gasteiger partial charge is 0.479 e. The van der Waals surface area contributed by atoms with Gasteiger partial charge in [-0.05, 0) is 61.4 Å². The van der Waals surface area contributed by atoms with E-state index in [0.29, 0.717) is 18.2 Å². The number of benzene rings is 1. The molecule has 224 valence electrons. The number of carbonyl (C=O) groups is 1. The Hall–Kier alpha value is -3.87. The van der Waals surface area contributed by atoms with Gasteiger partial charge in [0.2, 0.25) is 17.7 Å². The van der Waals surface area contributed by atoms with Gasteiger partial charge in [-0.3, -0.25) is 4.79 Å². The summed E-state index contributed by atoms with van der Waals surface area (Å²) in [6, 6.07) is 7.41. The standard InChI is InChI=1S/C30H40N6O5Si/c1-20-18-21-10-17-42(5,6)24(21)19-23(20)41-25-9-8-22(40-25)27(37)32-26-28(38-3)33-30(34-29(26)39-4)31-11-7-12-36-15-13-35(2)14-16-36/h8-10,17-19H,7,11-16H2,1-6H3,(H,32,37)(H,31,33,34). The minimum absolute atomic E-state index is 0.0652. The molecule has 11 nitrogen and oxygen atoms in total. The van der Waals surface area contributed by atoms with Gasteiger partial charge in [0.15, 0.2) is 11.4 Å². The summed E-state index contributed by atoms with van der Waals surface area (Å²) in [5.41, 5.74) is 4.77. The SMILES string of the molecule is COc1nc(NCCCN2CCN(C)CC2)nc(OC)c1NC(=O)c1ccc(Oc2cc3c(cc2C)C=C[Si]3(C)C)o1. The number of piperazine rings is 1. The van der Waals surface area contributed by atoms with Crippen molar-refractivity contribution in [3.05, 3.63) is 46.9 Å². The quantitative estimate of drug-likeness (QED) is 0.250. The minimum atomic E-state index is -1.63. The van der Waals surface area contributed by atoms with Crippen LogP contribution in [0.25, 0.3) is 6.08 Å². The number of nitrogens with one attached hydrogen (secondary N) is 2. The number of methoxy groups -OCH3 is 2. The van der Waals surface area contributed by atoms with Gasteiger partial charge >= 0.3 is 0 Å². The molecule has 0 unspecified atom stereocenters. The molecule has 0 atom stereocenters. The molecule has 3 aromatic rings. The van der Waals surface area contributed by atoms with Crippen molar-refractivity contribution in [2.24, 2.45) is 0 Å². The second-order valence-corrected chi connectivity index (χ2v) is 15.6. The summed E-state index contributed by atoms with van der Waals surface area (Å²) in [4.78, 5) is 26.8. The second kappa shape index (κ2) is 12.6. The predicted octanol–water partition coefficient (Wildman–Crippen LogP) is 3.97. The normalized spacial score (nSPS) is 16.2. The summed E-state index contributed by atoms with van der Waals surface area (Å²) in [6.07, 6.45) is 3.14. The summed E-state index contributed by atoms with van der Waals surface area (Å²) in [7, 11) is 3.48. The smallest absolute Gasteiger partial charge is 0.291 e. The number of likely N-dealkylation sites (N-methyl/N-ethyl adjacent to an activating group) is 1. The molecule has 5 rings (SSSR count). The Morgan fingerprint density at radius 2 is 1.79 bits per heavy atom. The lowest BCUT2D eigenvalue weighted by atomic mass is 10.1. The van der Waals surface area contributed by atoms with Crippen LogP contribution in [0.15, 0.2) is 34.4 Å². The van der Waals surface area contributed by atoms with Gasteiger partial charge in [0.1, 0.15) is 13.8 Å². The Morgan fingerprint density at radius 1 is 1.07 bits per heavy atom. The highest BCUT2D eigenvalue weighted by atomic mass is 28.3. The molecule has 0 spiro atoms. The molecule has 4 heterocycles. The van der Waals surface area contributed by atoms with Crippen LogP contribution in [0.2, 0.25) is 13.1 Å². The van der Waals surface area contributed by atoms with Crippen LogP contribution in [0.1, 0.15) is 28.1 Å².